The van der Waals surface area contributed by atoms with E-state index in [9.17, 15) is 0 Å². The van der Waals surface area contributed by atoms with Crippen molar-refractivity contribution in [2.75, 3.05) is 0 Å². The number of aromatic nitrogens is 3. The molecule has 2 aromatic rings. The molecular formula is C16H24N4. The summed E-state index contributed by atoms with van der Waals surface area (Å²) in [7, 11) is 0. The van der Waals surface area contributed by atoms with Crippen LogP contribution in [0.25, 0.3) is 0 Å². The minimum Gasteiger partial charge on any atom is -0.316 e. The van der Waals surface area contributed by atoms with Crippen LogP contribution in [0.1, 0.15) is 38.1 Å². The highest BCUT2D eigenvalue weighted by atomic mass is 15.3. The van der Waals surface area contributed by atoms with Gasteiger partial charge in [-0.15, -0.1) is 10.2 Å². The summed E-state index contributed by atoms with van der Waals surface area (Å²) < 4.78 is 2.14. The summed E-state index contributed by atoms with van der Waals surface area (Å²) in [6.07, 6.45) is 5.23. The zero-order valence-corrected chi connectivity index (χ0v) is 12.4. The Hall–Kier alpha value is -1.68. The van der Waals surface area contributed by atoms with Gasteiger partial charge < -0.3 is 9.88 Å². The van der Waals surface area contributed by atoms with Crippen molar-refractivity contribution in [1.82, 2.24) is 20.1 Å². The maximum absolute atomic E-state index is 4.21. The van der Waals surface area contributed by atoms with Crippen molar-refractivity contribution in [3.63, 3.8) is 0 Å². The van der Waals surface area contributed by atoms with Crippen molar-refractivity contribution in [2.24, 2.45) is 0 Å². The van der Waals surface area contributed by atoms with Crippen molar-refractivity contribution in [3.8, 4) is 0 Å². The maximum atomic E-state index is 4.21. The number of rotatable bonds is 8. The molecule has 0 radical (unpaired) electrons. The zero-order chi connectivity index (χ0) is 14.2. The summed E-state index contributed by atoms with van der Waals surface area (Å²) >= 11 is 0. The highest BCUT2D eigenvalue weighted by Gasteiger charge is 2.06. The van der Waals surface area contributed by atoms with Gasteiger partial charge in [0.05, 0.1) is 6.54 Å². The Morgan fingerprint density at radius 1 is 1.25 bits per heavy atom. The van der Waals surface area contributed by atoms with Gasteiger partial charge in [-0.3, -0.25) is 0 Å². The Balaban J connectivity index is 1.85. The van der Waals surface area contributed by atoms with Crippen LogP contribution < -0.4 is 5.32 Å². The van der Waals surface area contributed by atoms with E-state index in [1.165, 1.54) is 18.4 Å². The average molecular weight is 272 g/mol. The fraction of sp³-hybridized carbons (Fsp3) is 0.500. The molecule has 0 unspecified atom stereocenters. The van der Waals surface area contributed by atoms with Crippen LogP contribution in [0.3, 0.4) is 0 Å². The van der Waals surface area contributed by atoms with E-state index in [-0.39, 0.29) is 0 Å². The second-order valence-corrected chi connectivity index (χ2v) is 5.25. The first kappa shape index (κ1) is 14.7. The first-order valence-electron chi connectivity index (χ1n) is 7.43. The standard InChI is InChI=1S/C16H24N4/c1-3-7-14(2)17-12-16-19-18-13-20(16)11-10-15-8-5-4-6-9-15/h4-6,8-9,13-14,17H,3,7,10-12H2,1-2H3/t14-/m0/s1. The summed E-state index contributed by atoms with van der Waals surface area (Å²) in [6.45, 7) is 6.14. The summed E-state index contributed by atoms with van der Waals surface area (Å²) in [5.41, 5.74) is 1.35. The molecule has 4 heteroatoms. The van der Waals surface area contributed by atoms with Crippen molar-refractivity contribution < 1.29 is 0 Å². The topological polar surface area (TPSA) is 42.7 Å². The summed E-state index contributed by atoms with van der Waals surface area (Å²) in [4.78, 5) is 0. The first-order chi connectivity index (χ1) is 9.79. The monoisotopic (exact) mass is 272 g/mol. The van der Waals surface area contributed by atoms with Gasteiger partial charge in [0.25, 0.3) is 0 Å². The third-order valence-electron chi connectivity index (χ3n) is 3.51. The van der Waals surface area contributed by atoms with Gasteiger partial charge in [0.2, 0.25) is 0 Å². The van der Waals surface area contributed by atoms with Crippen molar-refractivity contribution in [1.29, 1.82) is 0 Å². The van der Waals surface area contributed by atoms with Gasteiger partial charge in [-0.2, -0.15) is 0 Å². The molecule has 1 aromatic carbocycles. The number of nitrogens with zero attached hydrogens (tertiary/aromatic N) is 3. The van der Waals surface area contributed by atoms with Crippen LogP contribution in [0, 0.1) is 0 Å². The summed E-state index contributed by atoms with van der Waals surface area (Å²) in [5.74, 6) is 1.02. The van der Waals surface area contributed by atoms with E-state index in [1.807, 2.05) is 12.4 Å². The zero-order valence-electron chi connectivity index (χ0n) is 12.4. The molecule has 20 heavy (non-hydrogen) atoms. The highest BCUT2D eigenvalue weighted by molar-refractivity contribution is 5.14. The molecule has 1 N–H and O–H groups in total. The molecule has 0 bridgehead atoms. The van der Waals surface area contributed by atoms with Crippen molar-refractivity contribution in [3.05, 3.63) is 48.0 Å². The number of benzene rings is 1. The Morgan fingerprint density at radius 3 is 2.80 bits per heavy atom. The smallest absolute Gasteiger partial charge is 0.146 e. The lowest BCUT2D eigenvalue weighted by molar-refractivity contribution is 0.487. The predicted octanol–water partition coefficient (Wildman–Crippen LogP) is 2.80. The van der Waals surface area contributed by atoms with Gasteiger partial charge in [-0.25, -0.2) is 0 Å². The lowest BCUT2D eigenvalue weighted by Crippen LogP contribution is -2.26. The lowest BCUT2D eigenvalue weighted by Gasteiger charge is -2.13. The molecule has 108 valence electrons. The van der Waals surface area contributed by atoms with Crippen LogP contribution >= 0.6 is 0 Å². The quantitative estimate of drug-likeness (QED) is 0.803. The van der Waals surface area contributed by atoms with Gasteiger partial charge >= 0.3 is 0 Å². The summed E-state index contributed by atoms with van der Waals surface area (Å²) in [6, 6.07) is 11.1. The molecule has 1 heterocycles. The van der Waals surface area contributed by atoms with Crippen molar-refractivity contribution in [2.45, 2.75) is 52.2 Å². The third-order valence-corrected chi connectivity index (χ3v) is 3.51. The Labute approximate surface area is 121 Å². The molecule has 2 rings (SSSR count). The van der Waals surface area contributed by atoms with E-state index in [4.69, 9.17) is 0 Å². The predicted molar refractivity (Wildman–Crippen MR) is 81.4 cm³/mol. The molecule has 1 aromatic heterocycles. The minimum absolute atomic E-state index is 0.527. The largest absolute Gasteiger partial charge is 0.316 e. The summed E-state index contributed by atoms with van der Waals surface area (Å²) in [5, 5.41) is 11.7. The van der Waals surface area contributed by atoms with Gasteiger partial charge in [0.1, 0.15) is 12.2 Å². The molecule has 0 aliphatic rings. The fourth-order valence-electron chi connectivity index (χ4n) is 2.30. The van der Waals surface area contributed by atoms with E-state index in [0.717, 1.165) is 25.3 Å². The molecule has 0 aliphatic carbocycles. The third kappa shape index (κ3) is 4.46. The number of nitrogens with one attached hydrogen (secondary N) is 1. The van der Waals surface area contributed by atoms with Gasteiger partial charge in [0.15, 0.2) is 0 Å². The average Bonchev–Trinajstić information content (AvgIpc) is 2.92. The second-order valence-electron chi connectivity index (χ2n) is 5.25. The van der Waals surface area contributed by atoms with E-state index < -0.39 is 0 Å². The van der Waals surface area contributed by atoms with Crippen LogP contribution in [0.4, 0.5) is 0 Å². The van der Waals surface area contributed by atoms with E-state index in [0.29, 0.717) is 6.04 Å². The minimum atomic E-state index is 0.527. The Kier molecular flexibility index (Phi) is 5.74. The molecule has 4 nitrogen and oxygen atoms in total. The van der Waals surface area contributed by atoms with Crippen LogP contribution in [0.2, 0.25) is 0 Å². The number of hydrogen-bond acceptors (Lipinski definition) is 3. The van der Waals surface area contributed by atoms with E-state index in [2.05, 4.69) is 58.2 Å². The number of aryl methyl sites for hydroxylation is 2. The molecule has 1 atom stereocenters. The van der Waals surface area contributed by atoms with Gasteiger partial charge in [-0.1, -0.05) is 43.7 Å². The fourth-order valence-corrected chi connectivity index (χ4v) is 2.30. The first-order valence-corrected chi connectivity index (χ1v) is 7.43. The Bertz CT molecular complexity index is 492. The number of hydrogen-bond donors (Lipinski definition) is 1. The maximum Gasteiger partial charge on any atom is 0.146 e. The molecule has 0 amide bonds. The molecule has 0 saturated heterocycles. The molecular weight excluding hydrogens is 248 g/mol. The van der Waals surface area contributed by atoms with E-state index in [1.54, 1.807) is 0 Å². The Morgan fingerprint density at radius 2 is 2.05 bits per heavy atom. The van der Waals surface area contributed by atoms with Crippen molar-refractivity contribution >= 4 is 0 Å². The van der Waals surface area contributed by atoms with Gasteiger partial charge in [0, 0.05) is 12.6 Å². The lowest BCUT2D eigenvalue weighted by atomic mass is 10.1. The second kappa shape index (κ2) is 7.80. The van der Waals surface area contributed by atoms with Crippen LogP contribution in [-0.4, -0.2) is 20.8 Å². The van der Waals surface area contributed by atoms with E-state index >= 15 is 0 Å². The molecule has 0 spiro atoms. The van der Waals surface area contributed by atoms with Gasteiger partial charge in [-0.05, 0) is 25.3 Å². The SMILES string of the molecule is CCC[C@H](C)NCc1nncn1CCc1ccccc1. The van der Waals surface area contributed by atoms with Crippen LogP contribution in [0.5, 0.6) is 0 Å². The van der Waals surface area contributed by atoms with Crippen LogP contribution in [-0.2, 0) is 19.5 Å². The molecule has 0 saturated carbocycles. The molecule has 0 aliphatic heterocycles. The normalized spacial score (nSPS) is 12.5. The highest BCUT2D eigenvalue weighted by Crippen LogP contribution is 2.04. The van der Waals surface area contributed by atoms with Crippen LogP contribution in [0.15, 0.2) is 36.7 Å². The molecule has 0 fully saturated rings.